The number of fused-ring (bicyclic) bond motifs is 2. The molecule has 226 valence electrons. The van der Waals surface area contributed by atoms with Gasteiger partial charge < -0.3 is 9.80 Å². The lowest BCUT2D eigenvalue weighted by Gasteiger charge is -2.48. The summed E-state index contributed by atoms with van der Waals surface area (Å²) in [4.78, 5) is 35.4. The Bertz CT molecular complexity index is 1740. The Morgan fingerprint density at radius 3 is 2.27 bits per heavy atom. The minimum Gasteiger partial charge on any atom is -0.358 e. The SMILES string of the molecule is O=C(c1cc(-c2cccnc2)n(-c2ccc(C(F)(F)F)c(F)c2)n1)N1C2CCC1CC1(C2)C(=O)CCN1c1ccc(F)cc1. The van der Waals surface area contributed by atoms with Crippen molar-refractivity contribution < 1.29 is 31.5 Å². The van der Waals surface area contributed by atoms with Crippen molar-refractivity contribution in [2.24, 2.45) is 0 Å². The fourth-order valence-corrected chi connectivity index (χ4v) is 7.21. The Hall–Kier alpha value is -4.61. The topological polar surface area (TPSA) is 71.3 Å². The highest BCUT2D eigenvalue weighted by molar-refractivity contribution is 5.98. The van der Waals surface area contributed by atoms with Crippen LogP contribution in [-0.4, -0.2) is 55.5 Å². The highest BCUT2D eigenvalue weighted by Crippen LogP contribution is 2.49. The molecule has 12 heteroatoms. The molecule has 0 N–H and O–H groups in total. The predicted octanol–water partition coefficient (Wildman–Crippen LogP) is 6.22. The van der Waals surface area contributed by atoms with Gasteiger partial charge in [0.05, 0.1) is 16.9 Å². The van der Waals surface area contributed by atoms with Gasteiger partial charge in [-0.1, -0.05) is 0 Å². The zero-order valence-corrected chi connectivity index (χ0v) is 23.3. The van der Waals surface area contributed by atoms with Crippen molar-refractivity contribution in [2.45, 2.75) is 55.9 Å². The van der Waals surface area contributed by atoms with Gasteiger partial charge in [-0.05, 0) is 80.3 Å². The van der Waals surface area contributed by atoms with Crippen LogP contribution in [0.25, 0.3) is 16.9 Å². The molecule has 5 heterocycles. The van der Waals surface area contributed by atoms with Gasteiger partial charge in [-0.2, -0.15) is 18.3 Å². The lowest BCUT2D eigenvalue weighted by atomic mass is 9.79. The fourth-order valence-electron chi connectivity index (χ4n) is 7.21. The van der Waals surface area contributed by atoms with E-state index < -0.39 is 23.1 Å². The highest BCUT2D eigenvalue weighted by atomic mass is 19.4. The molecule has 3 saturated heterocycles. The molecule has 2 unspecified atom stereocenters. The molecule has 2 aromatic carbocycles. The van der Waals surface area contributed by atoms with E-state index in [1.807, 2.05) is 0 Å². The minimum atomic E-state index is -4.86. The molecule has 3 aliphatic heterocycles. The third-order valence-electron chi connectivity index (χ3n) is 9.13. The van der Waals surface area contributed by atoms with Crippen molar-refractivity contribution in [1.82, 2.24) is 19.7 Å². The van der Waals surface area contributed by atoms with E-state index in [0.29, 0.717) is 56.0 Å². The maximum atomic E-state index is 14.6. The van der Waals surface area contributed by atoms with Gasteiger partial charge in [0.25, 0.3) is 5.91 Å². The van der Waals surface area contributed by atoms with Crippen LogP contribution in [0.5, 0.6) is 0 Å². The number of hydrogen-bond acceptors (Lipinski definition) is 5. The van der Waals surface area contributed by atoms with E-state index in [2.05, 4.69) is 15.0 Å². The molecule has 7 rings (SSSR count). The number of alkyl halides is 3. The summed E-state index contributed by atoms with van der Waals surface area (Å²) in [7, 11) is 0. The third kappa shape index (κ3) is 4.54. The van der Waals surface area contributed by atoms with E-state index in [1.54, 1.807) is 35.4 Å². The van der Waals surface area contributed by atoms with Crippen LogP contribution in [0.2, 0.25) is 0 Å². The second-order valence-electron chi connectivity index (χ2n) is 11.6. The number of Topliss-reactive ketones (excluding diaryl/α,β-unsaturated/α-hetero) is 1. The monoisotopic (exact) mass is 607 g/mol. The number of ketones is 1. The van der Waals surface area contributed by atoms with Crippen molar-refractivity contribution in [1.29, 1.82) is 0 Å². The fraction of sp³-hybridized carbons (Fsp3) is 0.312. The number of halogens is 5. The summed E-state index contributed by atoms with van der Waals surface area (Å²) < 4.78 is 69.2. The van der Waals surface area contributed by atoms with Gasteiger partial charge >= 0.3 is 6.18 Å². The Labute approximate surface area is 248 Å². The molecular weight excluding hydrogens is 581 g/mol. The summed E-state index contributed by atoms with van der Waals surface area (Å²) in [5.41, 5.74) is -0.479. The molecule has 2 aromatic heterocycles. The summed E-state index contributed by atoms with van der Waals surface area (Å²) >= 11 is 0. The third-order valence-corrected chi connectivity index (χ3v) is 9.13. The average Bonchev–Trinajstić information content (AvgIpc) is 3.66. The summed E-state index contributed by atoms with van der Waals surface area (Å²) in [5, 5.41) is 4.47. The van der Waals surface area contributed by atoms with Gasteiger partial charge in [0.1, 0.15) is 17.2 Å². The van der Waals surface area contributed by atoms with Crippen molar-refractivity contribution in [3.63, 3.8) is 0 Å². The second kappa shape index (κ2) is 10.2. The highest BCUT2D eigenvalue weighted by Gasteiger charge is 2.58. The van der Waals surface area contributed by atoms with E-state index in [-0.39, 0.29) is 41.0 Å². The maximum absolute atomic E-state index is 14.6. The number of rotatable bonds is 4. The molecule has 4 aromatic rings. The largest absolute Gasteiger partial charge is 0.419 e. The van der Waals surface area contributed by atoms with E-state index in [0.717, 1.165) is 17.8 Å². The molecular formula is C32H26F5N5O2. The number of hydrogen-bond donors (Lipinski definition) is 0. The Kier molecular flexibility index (Phi) is 6.56. The molecule has 44 heavy (non-hydrogen) atoms. The number of benzene rings is 2. The minimum absolute atomic E-state index is 0.0143. The first-order chi connectivity index (χ1) is 21.0. The first kappa shape index (κ1) is 28.2. The van der Waals surface area contributed by atoms with Gasteiger partial charge in [0.15, 0.2) is 11.5 Å². The van der Waals surface area contributed by atoms with Gasteiger partial charge in [0, 0.05) is 54.8 Å². The smallest absolute Gasteiger partial charge is 0.358 e. The molecule has 0 radical (unpaired) electrons. The van der Waals surface area contributed by atoms with Gasteiger partial charge in [-0.25, -0.2) is 13.5 Å². The van der Waals surface area contributed by atoms with Crippen molar-refractivity contribution in [3.05, 3.63) is 95.9 Å². The quantitative estimate of drug-likeness (QED) is 0.258. The van der Waals surface area contributed by atoms with Gasteiger partial charge in [0.2, 0.25) is 0 Å². The molecule has 0 saturated carbocycles. The number of amides is 1. The van der Waals surface area contributed by atoms with E-state index in [4.69, 9.17) is 0 Å². The molecule has 3 fully saturated rings. The van der Waals surface area contributed by atoms with E-state index in [9.17, 15) is 31.5 Å². The Morgan fingerprint density at radius 2 is 1.64 bits per heavy atom. The second-order valence-corrected chi connectivity index (χ2v) is 11.6. The van der Waals surface area contributed by atoms with E-state index in [1.165, 1.54) is 29.1 Å². The van der Waals surface area contributed by atoms with Gasteiger partial charge in [-0.3, -0.25) is 14.6 Å². The zero-order chi connectivity index (χ0) is 30.8. The summed E-state index contributed by atoms with van der Waals surface area (Å²) in [5.74, 6) is -2.08. The van der Waals surface area contributed by atoms with Crippen LogP contribution in [0, 0.1) is 11.6 Å². The van der Waals surface area contributed by atoms with Crippen LogP contribution in [0.1, 0.15) is 48.2 Å². The summed E-state index contributed by atoms with van der Waals surface area (Å²) in [6.07, 6.45) is 0.815. The zero-order valence-electron chi connectivity index (χ0n) is 23.3. The maximum Gasteiger partial charge on any atom is 0.419 e. The number of carbonyl (C=O) groups excluding carboxylic acids is 2. The van der Waals surface area contributed by atoms with Crippen molar-refractivity contribution in [3.8, 4) is 16.9 Å². The predicted molar refractivity (Wildman–Crippen MR) is 150 cm³/mol. The van der Waals surface area contributed by atoms with Crippen LogP contribution < -0.4 is 4.90 Å². The molecule has 1 spiro atoms. The Morgan fingerprint density at radius 1 is 0.932 bits per heavy atom. The first-order valence-electron chi connectivity index (χ1n) is 14.3. The average molecular weight is 608 g/mol. The van der Waals surface area contributed by atoms with Crippen LogP contribution in [0.15, 0.2) is 73.1 Å². The number of piperidine rings is 1. The molecule has 3 aliphatic rings. The van der Waals surface area contributed by atoms with Crippen LogP contribution in [0.3, 0.4) is 0 Å². The molecule has 1 amide bonds. The number of nitrogens with zero attached hydrogens (tertiary/aromatic N) is 5. The normalized spacial score (nSPS) is 23.2. The summed E-state index contributed by atoms with van der Waals surface area (Å²) in [6, 6.07) is 13.0. The van der Waals surface area contributed by atoms with Crippen LogP contribution in [-0.2, 0) is 11.0 Å². The molecule has 2 bridgehead atoms. The number of aromatic nitrogens is 3. The number of carbonyl (C=O) groups is 2. The Balaban J connectivity index is 1.23. The number of anilines is 1. The molecule has 2 atom stereocenters. The van der Waals surface area contributed by atoms with Crippen molar-refractivity contribution >= 4 is 17.4 Å². The van der Waals surface area contributed by atoms with Crippen molar-refractivity contribution in [2.75, 3.05) is 11.4 Å². The van der Waals surface area contributed by atoms with Crippen LogP contribution in [0.4, 0.5) is 27.6 Å². The lowest BCUT2D eigenvalue weighted by Crippen LogP contribution is -2.61. The number of pyridine rings is 1. The van der Waals surface area contributed by atoms with E-state index >= 15 is 0 Å². The van der Waals surface area contributed by atoms with Crippen LogP contribution >= 0.6 is 0 Å². The lowest BCUT2D eigenvalue weighted by molar-refractivity contribution is -0.140. The standard InChI is InChI=1S/C32H26F5N5O2/c33-20-3-5-21(6-4-20)40-13-11-29(43)31(40)16-23-7-8-24(17-31)41(23)30(44)27-15-28(19-2-1-12-38-18-19)42(39-27)22-9-10-25(26(34)14-22)32(35,36)37/h1-6,9-10,12,14-15,18,23-24H,7-8,11,13,16-17H2. The molecule has 0 aliphatic carbocycles. The molecule has 7 nitrogen and oxygen atoms in total. The summed E-state index contributed by atoms with van der Waals surface area (Å²) in [6.45, 7) is 0.514. The first-order valence-corrected chi connectivity index (χ1v) is 14.3. The van der Waals surface area contributed by atoms with Gasteiger partial charge in [-0.15, -0.1) is 0 Å².